The average molecular weight is 386 g/mol. The molecule has 1 aliphatic rings. The first-order valence-electron chi connectivity index (χ1n) is 11.1. The summed E-state index contributed by atoms with van der Waals surface area (Å²) in [5, 5.41) is 1.34. The van der Waals surface area contributed by atoms with Crippen molar-refractivity contribution in [3.63, 3.8) is 0 Å². The van der Waals surface area contributed by atoms with Gasteiger partial charge in [-0.1, -0.05) is 35.9 Å². The van der Waals surface area contributed by atoms with Crippen molar-refractivity contribution in [1.82, 2.24) is 0 Å². The van der Waals surface area contributed by atoms with E-state index in [1.165, 1.54) is 45.8 Å². The number of aliphatic imine (C=N–C) groups is 1. The van der Waals surface area contributed by atoms with E-state index in [2.05, 4.69) is 95.7 Å². The molecule has 0 bridgehead atoms. The predicted molar refractivity (Wildman–Crippen MR) is 127 cm³/mol. The van der Waals surface area contributed by atoms with Crippen LogP contribution in [0.3, 0.4) is 0 Å². The Morgan fingerprint density at radius 3 is 2.34 bits per heavy atom. The third kappa shape index (κ3) is 7.05. The molecule has 0 amide bonds. The molecule has 2 aromatic rings. The minimum atomic E-state index is -0.120. The number of rotatable bonds is 6. The summed E-state index contributed by atoms with van der Waals surface area (Å²) in [4.78, 5) is 4.76. The summed E-state index contributed by atoms with van der Waals surface area (Å²) in [6.45, 7) is 13.6. The van der Waals surface area contributed by atoms with Crippen molar-refractivity contribution in [2.24, 2.45) is 4.99 Å². The first-order chi connectivity index (χ1) is 13.8. The van der Waals surface area contributed by atoms with Gasteiger partial charge in [0, 0.05) is 5.56 Å². The average Bonchev–Trinajstić information content (AvgIpc) is 3.04. The second kappa shape index (κ2) is 11.0. The van der Waals surface area contributed by atoms with Gasteiger partial charge < -0.3 is 4.74 Å². The van der Waals surface area contributed by atoms with Gasteiger partial charge in [-0.05, 0) is 75.8 Å². The van der Waals surface area contributed by atoms with Gasteiger partial charge in [-0.25, -0.2) is 4.99 Å². The Labute approximate surface area is 187 Å². The van der Waals surface area contributed by atoms with E-state index in [1.807, 2.05) is 0 Å². The Hall–Kier alpha value is -1.49. The van der Waals surface area contributed by atoms with Gasteiger partial charge >= 0.3 is 42.6 Å². The number of aryl methyl sites for hydroxylation is 4. The van der Waals surface area contributed by atoms with Gasteiger partial charge in [-0.15, -0.1) is 0 Å². The molecule has 2 nitrogen and oxygen atoms in total. The van der Waals surface area contributed by atoms with Gasteiger partial charge in [0.05, 0.1) is 5.54 Å². The van der Waals surface area contributed by atoms with E-state index in [9.17, 15) is 0 Å². The number of hydrogen-bond donors (Lipinski definition) is 0. The number of nitrogens with zero attached hydrogens (tertiary/aromatic N) is 1. The van der Waals surface area contributed by atoms with Gasteiger partial charge in [0.25, 0.3) is 0 Å². The van der Waals surface area contributed by atoms with Crippen molar-refractivity contribution < 1.29 is 4.74 Å². The van der Waals surface area contributed by atoms with E-state index in [-0.39, 0.29) is 5.54 Å². The third-order valence-corrected chi connectivity index (χ3v) is 5.55. The van der Waals surface area contributed by atoms with Crippen molar-refractivity contribution >= 4 is 23.6 Å². The quantitative estimate of drug-likeness (QED) is 0.533. The van der Waals surface area contributed by atoms with E-state index in [4.69, 9.17) is 9.73 Å². The van der Waals surface area contributed by atoms with Crippen LogP contribution in [0.4, 0.5) is 0 Å². The zero-order valence-electron chi connectivity index (χ0n) is 19.6. The number of unbranched alkanes of at least 4 members (excludes halogenated alkanes) is 1. The summed E-state index contributed by atoms with van der Waals surface area (Å²) >= 11 is 2.21. The molecule has 0 saturated carbocycles. The summed E-state index contributed by atoms with van der Waals surface area (Å²) < 4.78 is 5.88. The van der Waals surface area contributed by atoms with E-state index in [0.717, 1.165) is 24.3 Å². The van der Waals surface area contributed by atoms with Crippen molar-refractivity contribution in [1.29, 1.82) is 0 Å². The SMILES string of the molecule is Cc1ccc(C2=NC(C)(C)CO2)c(CCc2cccc(C)c2C)c1.[Li][CH2]CCC. The van der Waals surface area contributed by atoms with Crippen LogP contribution in [0.5, 0.6) is 0 Å². The fourth-order valence-corrected chi connectivity index (χ4v) is 3.57. The van der Waals surface area contributed by atoms with Crippen LogP contribution < -0.4 is 0 Å². The summed E-state index contributed by atoms with van der Waals surface area (Å²) in [6, 6.07) is 13.2. The zero-order chi connectivity index (χ0) is 21.4. The van der Waals surface area contributed by atoms with E-state index >= 15 is 0 Å². The maximum atomic E-state index is 5.88. The second-order valence-corrected chi connectivity index (χ2v) is 8.89. The molecule has 3 heteroatoms. The normalized spacial score (nSPS) is 14.7. The van der Waals surface area contributed by atoms with Crippen LogP contribution in [0.25, 0.3) is 0 Å². The van der Waals surface area contributed by atoms with Gasteiger partial charge in [-0.2, -0.15) is 0 Å². The standard InChI is InChI=1S/C22H27NO.C4H9.Li/c1-15-9-12-20(21-23-22(4,5)14-24-21)19(13-15)11-10-18-8-6-7-16(2)17(18)3;1-3-4-2;/h6-9,12-13H,10-11,14H2,1-5H3;1,3-4H2,2H3;. The number of ether oxygens (including phenoxy) is 1. The van der Waals surface area contributed by atoms with Crippen LogP contribution in [0.1, 0.15) is 67.0 Å². The van der Waals surface area contributed by atoms with E-state index in [0.29, 0.717) is 6.61 Å². The molecule has 0 fully saturated rings. The van der Waals surface area contributed by atoms with Crippen LogP contribution in [0.15, 0.2) is 41.4 Å². The monoisotopic (exact) mass is 385 g/mol. The molecule has 2 aromatic carbocycles. The fourth-order valence-electron chi connectivity index (χ4n) is 3.57. The van der Waals surface area contributed by atoms with Crippen molar-refractivity contribution in [3.05, 3.63) is 69.8 Å². The molecule has 0 unspecified atom stereocenters. The fraction of sp³-hybridized carbons (Fsp3) is 0.500. The molecular weight excluding hydrogens is 349 g/mol. The topological polar surface area (TPSA) is 21.6 Å². The van der Waals surface area contributed by atoms with Crippen LogP contribution in [0, 0.1) is 20.8 Å². The van der Waals surface area contributed by atoms with Gasteiger partial charge in [0.1, 0.15) is 6.61 Å². The number of benzene rings is 2. The molecule has 0 spiro atoms. The first-order valence-corrected chi connectivity index (χ1v) is 11.1. The Morgan fingerprint density at radius 2 is 1.76 bits per heavy atom. The molecular formula is C26H36LiNO. The maximum absolute atomic E-state index is 5.88. The van der Waals surface area contributed by atoms with Gasteiger partial charge in [0.15, 0.2) is 0 Å². The molecule has 3 rings (SSSR count). The molecule has 0 radical (unpaired) electrons. The first kappa shape index (κ1) is 23.8. The minimum absolute atomic E-state index is 0.120. The predicted octanol–water partition coefficient (Wildman–Crippen LogP) is 6.33. The Bertz CT molecular complexity index is 837. The molecule has 29 heavy (non-hydrogen) atoms. The van der Waals surface area contributed by atoms with Crippen LogP contribution in [-0.2, 0) is 17.6 Å². The van der Waals surface area contributed by atoms with Gasteiger partial charge in [-0.3, -0.25) is 0 Å². The molecule has 0 atom stereocenters. The summed E-state index contributed by atoms with van der Waals surface area (Å²) in [5.41, 5.74) is 7.84. The zero-order valence-corrected chi connectivity index (χ0v) is 19.6. The summed E-state index contributed by atoms with van der Waals surface area (Å²) in [5.74, 6) is 0.802. The number of hydrogen-bond acceptors (Lipinski definition) is 2. The molecule has 0 aliphatic carbocycles. The molecule has 152 valence electrons. The summed E-state index contributed by atoms with van der Waals surface area (Å²) in [6.07, 6.45) is 4.78. The van der Waals surface area contributed by atoms with E-state index in [1.54, 1.807) is 0 Å². The Morgan fingerprint density at radius 1 is 1.03 bits per heavy atom. The summed E-state index contributed by atoms with van der Waals surface area (Å²) in [7, 11) is 0. The van der Waals surface area contributed by atoms with E-state index < -0.39 is 0 Å². The third-order valence-electron chi connectivity index (χ3n) is 5.55. The van der Waals surface area contributed by atoms with Gasteiger partial charge in [0.2, 0.25) is 5.90 Å². The second-order valence-electron chi connectivity index (χ2n) is 8.89. The molecule has 1 heterocycles. The Balaban J connectivity index is 0.000000537. The molecule has 0 aromatic heterocycles. The van der Waals surface area contributed by atoms with Crippen molar-refractivity contribution in [2.45, 2.75) is 77.9 Å². The molecule has 1 aliphatic heterocycles. The van der Waals surface area contributed by atoms with Crippen LogP contribution >= 0.6 is 0 Å². The van der Waals surface area contributed by atoms with Crippen molar-refractivity contribution in [3.8, 4) is 0 Å². The molecule has 0 N–H and O–H groups in total. The van der Waals surface area contributed by atoms with Crippen LogP contribution in [0.2, 0.25) is 5.09 Å². The Kier molecular flexibility index (Phi) is 9.06. The molecule has 0 saturated heterocycles. The van der Waals surface area contributed by atoms with Crippen molar-refractivity contribution in [2.75, 3.05) is 6.61 Å². The van der Waals surface area contributed by atoms with Crippen LogP contribution in [-0.4, -0.2) is 35.8 Å².